The van der Waals surface area contributed by atoms with Crippen molar-refractivity contribution in [1.82, 2.24) is 24.3 Å². The Morgan fingerprint density at radius 1 is 1.19 bits per heavy atom. The first-order chi connectivity index (χ1) is 12.8. The highest BCUT2D eigenvalue weighted by Crippen LogP contribution is 2.30. The molecule has 1 saturated heterocycles. The quantitative estimate of drug-likeness (QED) is 0.607. The second-order valence-electron chi connectivity index (χ2n) is 6.41. The van der Waals surface area contributed by atoms with Gasteiger partial charge < -0.3 is 4.90 Å². The summed E-state index contributed by atoms with van der Waals surface area (Å²) in [5, 5.41) is 7.85. The smallest absolute Gasteiger partial charge is 0.338 e. The molecule has 0 aliphatic carbocycles. The van der Waals surface area contributed by atoms with Gasteiger partial charge in [0.25, 0.3) is 5.91 Å². The highest BCUT2D eigenvalue weighted by molar-refractivity contribution is 9.10. The Hall–Kier alpha value is -2.36. The van der Waals surface area contributed by atoms with Gasteiger partial charge in [0.2, 0.25) is 0 Å². The van der Waals surface area contributed by atoms with E-state index >= 15 is 0 Å². The van der Waals surface area contributed by atoms with Crippen LogP contribution >= 0.6 is 15.9 Å². The number of amides is 1. The third-order valence-electron chi connectivity index (χ3n) is 4.75. The van der Waals surface area contributed by atoms with E-state index in [1.54, 1.807) is 15.6 Å². The van der Waals surface area contributed by atoms with Crippen LogP contribution in [0.1, 0.15) is 34.9 Å². The van der Waals surface area contributed by atoms with Crippen molar-refractivity contribution in [2.45, 2.75) is 25.1 Å². The zero-order valence-electron chi connectivity index (χ0n) is 14.0. The van der Waals surface area contributed by atoms with Crippen molar-refractivity contribution in [1.29, 1.82) is 0 Å². The Morgan fingerprint density at radius 3 is 2.59 bits per heavy atom. The van der Waals surface area contributed by atoms with Gasteiger partial charge in [0, 0.05) is 30.0 Å². The second kappa shape index (κ2) is 6.66. The van der Waals surface area contributed by atoms with Crippen molar-refractivity contribution >= 4 is 27.4 Å². The van der Waals surface area contributed by atoms with Crippen LogP contribution in [0.4, 0.5) is 13.2 Å². The molecule has 4 heterocycles. The van der Waals surface area contributed by atoms with Crippen LogP contribution < -0.4 is 0 Å². The number of alkyl halides is 3. The van der Waals surface area contributed by atoms with E-state index in [1.165, 1.54) is 17.1 Å². The highest BCUT2D eigenvalue weighted by Gasteiger charge is 2.35. The Labute approximate surface area is 160 Å². The molecule has 142 valence electrons. The predicted octanol–water partition coefficient (Wildman–Crippen LogP) is 3.79. The molecule has 1 aliphatic rings. The molecular formula is C17H15BrF3N5O. The van der Waals surface area contributed by atoms with Crippen LogP contribution in [-0.2, 0) is 6.18 Å². The minimum atomic E-state index is -4.45. The van der Waals surface area contributed by atoms with Gasteiger partial charge in [-0.15, -0.1) is 0 Å². The fourth-order valence-electron chi connectivity index (χ4n) is 3.35. The van der Waals surface area contributed by atoms with E-state index in [2.05, 4.69) is 26.1 Å². The minimum Gasteiger partial charge on any atom is -0.338 e. The van der Waals surface area contributed by atoms with E-state index in [1.807, 2.05) is 12.1 Å². The molecule has 4 rings (SSSR count). The van der Waals surface area contributed by atoms with Crippen LogP contribution in [0.5, 0.6) is 0 Å². The summed E-state index contributed by atoms with van der Waals surface area (Å²) < 4.78 is 41.9. The first-order valence-electron chi connectivity index (χ1n) is 8.38. The van der Waals surface area contributed by atoms with Gasteiger partial charge in [0.15, 0.2) is 5.69 Å². The van der Waals surface area contributed by atoms with Gasteiger partial charge in [-0.1, -0.05) is 0 Å². The third-order valence-corrected chi connectivity index (χ3v) is 5.39. The van der Waals surface area contributed by atoms with Gasteiger partial charge in [-0.25, -0.2) is 4.52 Å². The summed E-state index contributed by atoms with van der Waals surface area (Å²) in [4.78, 5) is 14.6. The number of hydrogen-bond donors (Lipinski definition) is 0. The number of likely N-dealkylation sites (tertiary alicyclic amines) is 1. The van der Waals surface area contributed by atoms with Crippen molar-refractivity contribution in [2.75, 3.05) is 13.1 Å². The zero-order chi connectivity index (χ0) is 19.2. The Balaban J connectivity index is 1.47. The minimum absolute atomic E-state index is 0.133. The summed E-state index contributed by atoms with van der Waals surface area (Å²) in [6, 6.07) is 4.49. The lowest BCUT2D eigenvalue weighted by Gasteiger charge is -2.32. The third kappa shape index (κ3) is 3.33. The van der Waals surface area contributed by atoms with Gasteiger partial charge in [0.05, 0.1) is 23.3 Å². The topological polar surface area (TPSA) is 55.4 Å². The maximum Gasteiger partial charge on any atom is 0.435 e. The summed E-state index contributed by atoms with van der Waals surface area (Å²) >= 11 is 3.44. The molecule has 3 aromatic heterocycles. The van der Waals surface area contributed by atoms with Gasteiger partial charge in [-0.05, 0) is 47.0 Å². The van der Waals surface area contributed by atoms with Gasteiger partial charge in [-0.2, -0.15) is 23.4 Å². The largest absolute Gasteiger partial charge is 0.435 e. The van der Waals surface area contributed by atoms with Gasteiger partial charge in [-0.3, -0.25) is 9.48 Å². The maximum absolute atomic E-state index is 12.9. The summed E-state index contributed by atoms with van der Waals surface area (Å²) in [7, 11) is 0. The summed E-state index contributed by atoms with van der Waals surface area (Å²) in [6.45, 7) is 0.902. The number of carbonyl (C=O) groups is 1. The summed E-state index contributed by atoms with van der Waals surface area (Å²) in [5.74, 6) is -0.133. The van der Waals surface area contributed by atoms with Gasteiger partial charge >= 0.3 is 6.18 Å². The van der Waals surface area contributed by atoms with E-state index in [9.17, 15) is 18.0 Å². The Bertz CT molecular complexity index is 988. The summed E-state index contributed by atoms with van der Waals surface area (Å²) in [5.41, 5.74) is 0.308. The van der Waals surface area contributed by atoms with Crippen LogP contribution in [0.3, 0.4) is 0 Å². The molecule has 0 radical (unpaired) electrons. The molecule has 0 bridgehead atoms. The monoisotopic (exact) mass is 441 g/mol. The number of carbonyl (C=O) groups excluding carboxylic acids is 1. The number of piperidine rings is 1. The first-order valence-corrected chi connectivity index (χ1v) is 9.17. The second-order valence-corrected chi connectivity index (χ2v) is 7.26. The molecule has 0 N–H and O–H groups in total. The lowest BCUT2D eigenvalue weighted by Crippen LogP contribution is -2.39. The van der Waals surface area contributed by atoms with E-state index in [0.717, 1.165) is 10.5 Å². The van der Waals surface area contributed by atoms with Crippen LogP contribution in [0.25, 0.3) is 5.52 Å². The zero-order valence-corrected chi connectivity index (χ0v) is 15.6. The number of hydrogen-bond acceptors (Lipinski definition) is 3. The van der Waals surface area contributed by atoms with E-state index in [0.29, 0.717) is 37.0 Å². The SMILES string of the molecule is O=C(c1cnn2cccc(Br)c12)N1CCC(n2ccc(C(F)(F)F)n2)CC1. The molecule has 0 unspecified atom stereocenters. The van der Waals surface area contributed by atoms with Crippen molar-refractivity contribution < 1.29 is 18.0 Å². The lowest BCUT2D eigenvalue weighted by atomic mass is 10.0. The number of fused-ring (bicyclic) bond motifs is 1. The maximum atomic E-state index is 12.9. The molecule has 27 heavy (non-hydrogen) atoms. The number of halogens is 4. The molecule has 0 spiro atoms. The van der Waals surface area contributed by atoms with Crippen molar-refractivity contribution in [2.24, 2.45) is 0 Å². The average Bonchev–Trinajstić information content (AvgIpc) is 3.29. The summed E-state index contributed by atoms with van der Waals surface area (Å²) in [6.07, 6.45) is 1.30. The van der Waals surface area contributed by atoms with Gasteiger partial charge in [0.1, 0.15) is 0 Å². The molecule has 1 aliphatic heterocycles. The lowest BCUT2D eigenvalue weighted by molar-refractivity contribution is -0.141. The first kappa shape index (κ1) is 18.0. The fraction of sp³-hybridized carbons (Fsp3) is 0.353. The van der Waals surface area contributed by atoms with Crippen molar-refractivity contribution in [3.8, 4) is 0 Å². The van der Waals surface area contributed by atoms with Crippen LogP contribution in [0.2, 0.25) is 0 Å². The average molecular weight is 442 g/mol. The standard InChI is InChI=1S/C17H15BrF3N5O/c18-13-2-1-6-26-15(13)12(10-22-26)16(27)24-7-3-11(4-8-24)25-9-5-14(23-25)17(19,20)21/h1-2,5-6,9-11H,3-4,7-8H2. The molecule has 0 atom stereocenters. The van der Waals surface area contributed by atoms with E-state index in [4.69, 9.17) is 0 Å². The highest BCUT2D eigenvalue weighted by atomic mass is 79.9. The predicted molar refractivity (Wildman–Crippen MR) is 94.3 cm³/mol. The van der Waals surface area contributed by atoms with E-state index in [-0.39, 0.29) is 11.9 Å². The number of nitrogens with zero attached hydrogens (tertiary/aromatic N) is 5. The number of pyridine rings is 1. The Kier molecular flexibility index (Phi) is 4.45. The van der Waals surface area contributed by atoms with Crippen LogP contribution in [0.15, 0.2) is 41.3 Å². The molecular weight excluding hydrogens is 427 g/mol. The van der Waals surface area contributed by atoms with Crippen molar-refractivity contribution in [3.63, 3.8) is 0 Å². The molecule has 0 saturated carbocycles. The van der Waals surface area contributed by atoms with Crippen molar-refractivity contribution in [3.05, 3.63) is 52.5 Å². The Morgan fingerprint density at radius 2 is 1.93 bits per heavy atom. The fourth-order valence-corrected chi connectivity index (χ4v) is 3.90. The molecule has 0 aromatic carbocycles. The molecule has 3 aromatic rings. The number of rotatable bonds is 2. The van der Waals surface area contributed by atoms with Crippen LogP contribution in [0, 0.1) is 0 Å². The molecule has 1 amide bonds. The molecule has 6 nitrogen and oxygen atoms in total. The molecule has 10 heteroatoms. The normalized spacial score (nSPS) is 16.2. The number of aromatic nitrogens is 4. The molecule has 1 fully saturated rings. The van der Waals surface area contributed by atoms with Crippen LogP contribution in [-0.4, -0.2) is 43.3 Å². The van der Waals surface area contributed by atoms with E-state index < -0.39 is 11.9 Å².